The second-order valence-corrected chi connectivity index (χ2v) is 5.45. The molecule has 0 aliphatic heterocycles. The predicted octanol–water partition coefficient (Wildman–Crippen LogP) is 3.75. The van der Waals surface area contributed by atoms with Gasteiger partial charge in [-0.1, -0.05) is 33.6 Å². The molecule has 17 heavy (non-hydrogen) atoms. The second kappa shape index (κ2) is 7.38. The van der Waals surface area contributed by atoms with Crippen LogP contribution in [-0.4, -0.2) is 25.3 Å². The van der Waals surface area contributed by atoms with Gasteiger partial charge in [-0.25, -0.2) is 0 Å². The minimum atomic E-state index is 0.0458. The molecule has 0 saturated heterocycles. The molecule has 0 spiro atoms. The van der Waals surface area contributed by atoms with Crippen LogP contribution in [0.1, 0.15) is 65.7 Å². The zero-order valence-electron chi connectivity index (χ0n) is 12.2. The molecule has 1 N–H and O–H groups in total. The molecule has 2 nitrogen and oxygen atoms in total. The molecule has 1 unspecified atom stereocenters. The summed E-state index contributed by atoms with van der Waals surface area (Å²) in [5.41, 5.74) is 0.0458. The van der Waals surface area contributed by atoms with Crippen LogP contribution in [0.2, 0.25) is 0 Å². The molecule has 1 aliphatic carbocycles. The van der Waals surface area contributed by atoms with Gasteiger partial charge in [-0.05, 0) is 44.6 Å². The van der Waals surface area contributed by atoms with E-state index in [0.717, 1.165) is 25.3 Å². The Kier molecular flexibility index (Phi) is 6.50. The van der Waals surface area contributed by atoms with Crippen molar-refractivity contribution < 1.29 is 4.74 Å². The molecule has 1 rings (SSSR count). The van der Waals surface area contributed by atoms with E-state index >= 15 is 0 Å². The van der Waals surface area contributed by atoms with Crippen molar-refractivity contribution in [1.29, 1.82) is 0 Å². The number of hydrogen-bond acceptors (Lipinski definition) is 2. The van der Waals surface area contributed by atoms with Crippen LogP contribution in [0, 0.1) is 5.92 Å². The SMILES string of the molecule is CCCNC(C1CCCC1)C(CC)(CC)OC. The molecule has 1 fully saturated rings. The largest absolute Gasteiger partial charge is 0.377 e. The Morgan fingerprint density at radius 3 is 2.18 bits per heavy atom. The van der Waals surface area contributed by atoms with E-state index < -0.39 is 0 Å². The lowest BCUT2D eigenvalue weighted by Crippen LogP contribution is -2.55. The minimum absolute atomic E-state index is 0.0458. The fourth-order valence-electron chi connectivity index (χ4n) is 3.48. The first-order valence-electron chi connectivity index (χ1n) is 7.52. The van der Waals surface area contributed by atoms with E-state index in [1.165, 1.54) is 32.1 Å². The van der Waals surface area contributed by atoms with Gasteiger partial charge in [0.15, 0.2) is 0 Å². The average molecular weight is 241 g/mol. The van der Waals surface area contributed by atoms with Crippen molar-refractivity contribution in [2.24, 2.45) is 5.92 Å². The molecule has 0 bridgehead atoms. The Morgan fingerprint density at radius 2 is 1.76 bits per heavy atom. The third kappa shape index (κ3) is 3.45. The second-order valence-electron chi connectivity index (χ2n) is 5.45. The first kappa shape index (κ1) is 15.0. The van der Waals surface area contributed by atoms with Crippen molar-refractivity contribution in [3.05, 3.63) is 0 Å². The van der Waals surface area contributed by atoms with E-state index in [4.69, 9.17) is 4.74 Å². The standard InChI is InChI=1S/C15H31NO/c1-5-12-16-14(13-10-8-9-11-13)15(6-2,7-3)17-4/h13-14,16H,5-12H2,1-4H3. The molecule has 0 radical (unpaired) electrons. The van der Waals surface area contributed by atoms with E-state index in [0.29, 0.717) is 6.04 Å². The van der Waals surface area contributed by atoms with Crippen LogP contribution >= 0.6 is 0 Å². The number of rotatable bonds is 8. The van der Waals surface area contributed by atoms with Crippen LogP contribution in [0.5, 0.6) is 0 Å². The molecule has 0 heterocycles. The van der Waals surface area contributed by atoms with Gasteiger partial charge in [0.25, 0.3) is 0 Å². The summed E-state index contributed by atoms with van der Waals surface area (Å²) in [7, 11) is 1.89. The van der Waals surface area contributed by atoms with E-state index in [1.54, 1.807) is 0 Å². The fourth-order valence-corrected chi connectivity index (χ4v) is 3.48. The van der Waals surface area contributed by atoms with Crippen molar-refractivity contribution in [1.82, 2.24) is 5.32 Å². The Morgan fingerprint density at radius 1 is 1.18 bits per heavy atom. The Labute approximate surface area is 108 Å². The predicted molar refractivity (Wildman–Crippen MR) is 74.4 cm³/mol. The first-order valence-corrected chi connectivity index (χ1v) is 7.52. The summed E-state index contributed by atoms with van der Waals surface area (Å²) in [6.07, 6.45) is 9.00. The molecular weight excluding hydrogens is 210 g/mol. The van der Waals surface area contributed by atoms with Gasteiger partial charge in [0.2, 0.25) is 0 Å². The number of hydrogen-bond donors (Lipinski definition) is 1. The van der Waals surface area contributed by atoms with Gasteiger partial charge in [0, 0.05) is 13.2 Å². The number of nitrogens with one attached hydrogen (secondary N) is 1. The van der Waals surface area contributed by atoms with Crippen LogP contribution in [0.4, 0.5) is 0 Å². The molecule has 0 amide bonds. The maximum Gasteiger partial charge on any atom is 0.0828 e. The summed E-state index contributed by atoms with van der Waals surface area (Å²) in [6, 6.07) is 0.546. The Hall–Kier alpha value is -0.0800. The zero-order valence-corrected chi connectivity index (χ0v) is 12.2. The van der Waals surface area contributed by atoms with Crippen molar-refractivity contribution >= 4 is 0 Å². The molecule has 0 aromatic heterocycles. The molecule has 0 aromatic carbocycles. The molecule has 1 aliphatic rings. The minimum Gasteiger partial charge on any atom is -0.377 e. The van der Waals surface area contributed by atoms with E-state index in [1.807, 2.05) is 7.11 Å². The van der Waals surface area contributed by atoms with Gasteiger partial charge in [-0.2, -0.15) is 0 Å². The van der Waals surface area contributed by atoms with Crippen LogP contribution in [0.25, 0.3) is 0 Å². The lowest BCUT2D eigenvalue weighted by atomic mass is 9.79. The summed E-state index contributed by atoms with van der Waals surface area (Å²) < 4.78 is 5.95. The van der Waals surface area contributed by atoms with Crippen molar-refractivity contribution in [2.75, 3.05) is 13.7 Å². The van der Waals surface area contributed by atoms with Gasteiger partial charge in [-0.3, -0.25) is 0 Å². The zero-order chi connectivity index (χ0) is 12.7. The highest BCUT2D eigenvalue weighted by Gasteiger charge is 2.40. The van der Waals surface area contributed by atoms with Gasteiger partial charge in [-0.15, -0.1) is 0 Å². The van der Waals surface area contributed by atoms with Crippen LogP contribution < -0.4 is 5.32 Å². The number of ether oxygens (including phenoxy) is 1. The highest BCUT2D eigenvalue weighted by atomic mass is 16.5. The first-order chi connectivity index (χ1) is 8.24. The van der Waals surface area contributed by atoms with Crippen LogP contribution in [0.15, 0.2) is 0 Å². The molecule has 1 atom stereocenters. The topological polar surface area (TPSA) is 21.3 Å². The van der Waals surface area contributed by atoms with Gasteiger partial charge >= 0.3 is 0 Å². The lowest BCUT2D eigenvalue weighted by molar-refractivity contribution is -0.0622. The summed E-state index contributed by atoms with van der Waals surface area (Å²) in [5.74, 6) is 0.821. The van der Waals surface area contributed by atoms with E-state index in [2.05, 4.69) is 26.1 Å². The molecule has 0 aromatic rings. The summed E-state index contributed by atoms with van der Waals surface area (Å²) in [5, 5.41) is 3.78. The van der Waals surface area contributed by atoms with Crippen LogP contribution in [0.3, 0.4) is 0 Å². The smallest absolute Gasteiger partial charge is 0.0828 e. The maximum atomic E-state index is 5.95. The van der Waals surface area contributed by atoms with Crippen molar-refractivity contribution in [3.8, 4) is 0 Å². The highest BCUT2D eigenvalue weighted by Crippen LogP contribution is 2.36. The summed E-state index contributed by atoms with van der Waals surface area (Å²) >= 11 is 0. The quantitative estimate of drug-likeness (QED) is 0.699. The third-order valence-corrected chi connectivity index (χ3v) is 4.66. The fraction of sp³-hybridized carbons (Fsp3) is 1.00. The Bertz CT molecular complexity index is 187. The lowest BCUT2D eigenvalue weighted by Gasteiger charge is -2.42. The van der Waals surface area contributed by atoms with Crippen molar-refractivity contribution in [2.45, 2.75) is 77.4 Å². The van der Waals surface area contributed by atoms with Gasteiger partial charge in [0.1, 0.15) is 0 Å². The van der Waals surface area contributed by atoms with E-state index in [-0.39, 0.29) is 5.60 Å². The van der Waals surface area contributed by atoms with Crippen molar-refractivity contribution in [3.63, 3.8) is 0 Å². The normalized spacial score (nSPS) is 19.8. The number of methoxy groups -OCH3 is 1. The summed E-state index contributed by atoms with van der Waals surface area (Å²) in [4.78, 5) is 0. The highest BCUT2D eigenvalue weighted by molar-refractivity contribution is 4.96. The van der Waals surface area contributed by atoms with E-state index in [9.17, 15) is 0 Å². The summed E-state index contributed by atoms with van der Waals surface area (Å²) in [6.45, 7) is 7.89. The molecular formula is C15H31NO. The third-order valence-electron chi connectivity index (χ3n) is 4.66. The molecule has 2 heteroatoms. The Balaban J connectivity index is 2.77. The van der Waals surface area contributed by atoms with Gasteiger partial charge < -0.3 is 10.1 Å². The molecule has 1 saturated carbocycles. The van der Waals surface area contributed by atoms with Crippen LogP contribution in [-0.2, 0) is 4.74 Å². The monoisotopic (exact) mass is 241 g/mol. The average Bonchev–Trinajstić information content (AvgIpc) is 2.89. The maximum absolute atomic E-state index is 5.95. The van der Waals surface area contributed by atoms with Gasteiger partial charge in [0.05, 0.1) is 5.60 Å². The molecule has 102 valence electrons.